The fourth-order valence-electron chi connectivity index (χ4n) is 1.73. The largest absolute Gasteiger partial charge is 0.480 e. The van der Waals surface area contributed by atoms with Crippen LogP contribution in [0.25, 0.3) is 0 Å². The second-order valence-corrected chi connectivity index (χ2v) is 5.18. The lowest BCUT2D eigenvalue weighted by Gasteiger charge is -2.14. The van der Waals surface area contributed by atoms with Crippen LogP contribution >= 0.6 is 11.8 Å². The highest BCUT2D eigenvalue weighted by molar-refractivity contribution is 7.99. The van der Waals surface area contributed by atoms with E-state index in [0.29, 0.717) is 6.07 Å². The highest BCUT2D eigenvalue weighted by atomic mass is 32.2. The molecule has 3 nitrogen and oxygen atoms in total. The van der Waals surface area contributed by atoms with Crippen LogP contribution in [0.5, 0.6) is 0 Å². The van der Waals surface area contributed by atoms with Crippen LogP contribution in [0.15, 0.2) is 18.2 Å². The molecular weight excluding hydrogens is 286 g/mol. The zero-order chi connectivity index (χ0) is 14.2. The van der Waals surface area contributed by atoms with Gasteiger partial charge in [-0.3, -0.25) is 10.1 Å². The van der Waals surface area contributed by atoms with Gasteiger partial charge in [-0.25, -0.2) is 4.39 Å². The van der Waals surface area contributed by atoms with Gasteiger partial charge in [0.25, 0.3) is 0 Å². The zero-order valence-corrected chi connectivity index (χ0v) is 10.2. The van der Waals surface area contributed by atoms with Crippen molar-refractivity contribution in [3.63, 3.8) is 0 Å². The third kappa shape index (κ3) is 3.19. The Kier molecular flexibility index (Phi) is 3.73. The molecule has 0 aliphatic carbocycles. The van der Waals surface area contributed by atoms with Crippen LogP contribution in [0, 0.1) is 5.82 Å². The minimum atomic E-state index is -4.63. The molecule has 0 aromatic heterocycles. The van der Waals surface area contributed by atoms with Crippen LogP contribution in [0.4, 0.5) is 17.6 Å². The number of benzene rings is 1. The number of alkyl halides is 3. The second kappa shape index (κ2) is 5.01. The lowest BCUT2D eigenvalue weighted by Crippen LogP contribution is -2.33. The average Bonchev–Trinajstić information content (AvgIpc) is 2.76. The number of aliphatic carboxylic acids is 1. The number of hydrogen-bond acceptors (Lipinski definition) is 3. The molecule has 0 spiro atoms. The molecule has 1 aromatic rings. The lowest BCUT2D eigenvalue weighted by molar-refractivity contribution is -0.139. The van der Waals surface area contributed by atoms with Gasteiger partial charge in [-0.1, -0.05) is 0 Å². The molecule has 2 atom stereocenters. The van der Waals surface area contributed by atoms with Crippen LogP contribution in [-0.2, 0) is 11.0 Å². The normalized spacial score (nSPS) is 23.6. The molecule has 0 radical (unpaired) electrons. The first-order valence-electron chi connectivity index (χ1n) is 5.25. The first-order valence-corrected chi connectivity index (χ1v) is 6.30. The summed E-state index contributed by atoms with van der Waals surface area (Å²) >= 11 is 1.13. The van der Waals surface area contributed by atoms with E-state index in [1.54, 1.807) is 0 Å². The van der Waals surface area contributed by atoms with E-state index >= 15 is 0 Å². The van der Waals surface area contributed by atoms with Gasteiger partial charge in [0.2, 0.25) is 0 Å². The molecule has 1 saturated heterocycles. The molecule has 0 saturated carbocycles. The lowest BCUT2D eigenvalue weighted by atomic mass is 10.1. The number of hydrogen-bond donors (Lipinski definition) is 2. The predicted molar refractivity (Wildman–Crippen MR) is 61.2 cm³/mol. The molecule has 2 rings (SSSR count). The topological polar surface area (TPSA) is 49.3 Å². The summed E-state index contributed by atoms with van der Waals surface area (Å²) in [6.07, 6.45) is -4.63. The molecule has 1 heterocycles. The van der Waals surface area contributed by atoms with Crippen molar-refractivity contribution in [3.8, 4) is 0 Å². The van der Waals surface area contributed by atoms with Gasteiger partial charge in [0, 0.05) is 5.75 Å². The van der Waals surface area contributed by atoms with Crippen molar-refractivity contribution in [2.24, 2.45) is 0 Å². The maximum atomic E-state index is 13.2. The number of halogens is 4. The molecule has 19 heavy (non-hydrogen) atoms. The van der Waals surface area contributed by atoms with Crippen LogP contribution in [0.3, 0.4) is 0 Å². The number of carbonyl (C=O) groups is 1. The minimum Gasteiger partial charge on any atom is -0.480 e. The maximum Gasteiger partial charge on any atom is 0.416 e. The Morgan fingerprint density at radius 2 is 2.05 bits per heavy atom. The summed E-state index contributed by atoms with van der Waals surface area (Å²) in [4.78, 5) is 10.7. The van der Waals surface area contributed by atoms with Crippen molar-refractivity contribution in [1.29, 1.82) is 0 Å². The van der Waals surface area contributed by atoms with Crippen molar-refractivity contribution in [2.75, 3.05) is 5.75 Å². The molecule has 0 bridgehead atoms. The van der Waals surface area contributed by atoms with Gasteiger partial charge >= 0.3 is 12.1 Å². The molecule has 8 heteroatoms. The molecule has 1 aliphatic rings. The van der Waals surface area contributed by atoms with Crippen LogP contribution in [0.2, 0.25) is 0 Å². The van der Waals surface area contributed by atoms with Crippen LogP contribution in [-0.4, -0.2) is 22.9 Å². The summed E-state index contributed by atoms with van der Waals surface area (Å²) in [6.45, 7) is 0. The molecular formula is C11H9F4NO2S. The Bertz CT molecular complexity index is 506. The molecule has 2 N–H and O–H groups in total. The van der Waals surface area contributed by atoms with E-state index in [1.807, 2.05) is 0 Å². The zero-order valence-electron chi connectivity index (χ0n) is 9.37. The fraction of sp³-hybridized carbons (Fsp3) is 0.364. The fourth-order valence-corrected chi connectivity index (χ4v) is 2.95. The summed E-state index contributed by atoms with van der Waals surface area (Å²) in [7, 11) is 0. The first kappa shape index (κ1) is 14.1. The van der Waals surface area contributed by atoms with Gasteiger partial charge < -0.3 is 5.11 Å². The van der Waals surface area contributed by atoms with Crippen molar-refractivity contribution >= 4 is 17.7 Å². The van der Waals surface area contributed by atoms with E-state index in [1.165, 1.54) is 0 Å². The standard InChI is InChI=1S/C11H9F4NO2S/c12-7-2-5(1-6(3-7)11(13,14)15)9-16-8(4-19-9)10(17)18/h1-3,8-9,16H,4H2,(H,17,18)/t8-,9?/m0/s1. The van der Waals surface area contributed by atoms with Gasteiger partial charge in [0.05, 0.1) is 10.9 Å². The van der Waals surface area contributed by atoms with Crippen molar-refractivity contribution in [2.45, 2.75) is 17.6 Å². The smallest absolute Gasteiger partial charge is 0.416 e. The number of carboxylic acids is 1. The van der Waals surface area contributed by atoms with Crippen LogP contribution < -0.4 is 5.32 Å². The summed E-state index contributed by atoms with van der Waals surface area (Å²) in [5.74, 6) is -1.86. The molecule has 1 unspecified atom stereocenters. The number of thioether (sulfide) groups is 1. The molecule has 1 fully saturated rings. The minimum absolute atomic E-state index is 0.0843. The van der Waals surface area contributed by atoms with E-state index in [4.69, 9.17) is 5.11 Å². The van der Waals surface area contributed by atoms with E-state index < -0.39 is 34.9 Å². The molecule has 1 aliphatic heterocycles. The first-order chi connectivity index (χ1) is 8.77. The summed E-state index contributed by atoms with van der Waals surface area (Å²) < 4.78 is 50.9. The van der Waals surface area contributed by atoms with Gasteiger partial charge in [-0.2, -0.15) is 13.2 Å². The van der Waals surface area contributed by atoms with E-state index in [-0.39, 0.29) is 11.3 Å². The highest BCUT2D eigenvalue weighted by Gasteiger charge is 2.34. The van der Waals surface area contributed by atoms with Gasteiger partial charge in [-0.15, -0.1) is 11.8 Å². The van der Waals surface area contributed by atoms with Gasteiger partial charge in [0.1, 0.15) is 11.9 Å². The number of nitrogens with one attached hydrogen (secondary N) is 1. The summed E-state index contributed by atoms with van der Waals surface area (Å²) in [5, 5.41) is 10.8. The van der Waals surface area contributed by atoms with Crippen molar-refractivity contribution in [3.05, 3.63) is 35.1 Å². The Hall–Kier alpha value is -1.28. The second-order valence-electron chi connectivity index (χ2n) is 4.04. The molecule has 104 valence electrons. The third-order valence-corrected chi connectivity index (χ3v) is 3.90. The highest BCUT2D eigenvalue weighted by Crippen LogP contribution is 2.37. The third-order valence-electron chi connectivity index (χ3n) is 2.63. The van der Waals surface area contributed by atoms with Crippen LogP contribution in [0.1, 0.15) is 16.5 Å². The van der Waals surface area contributed by atoms with E-state index in [2.05, 4.69) is 5.32 Å². The van der Waals surface area contributed by atoms with Crippen molar-refractivity contribution < 1.29 is 27.5 Å². The van der Waals surface area contributed by atoms with E-state index in [0.717, 1.165) is 23.9 Å². The number of rotatable bonds is 2. The Morgan fingerprint density at radius 3 is 2.58 bits per heavy atom. The monoisotopic (exact) mass is 295 g/mol. The predicted octanol–water partition coefficient (Wildman–Crippen LogP) is 2.63. The Labute approximate surface area is 110 Å². The maximum absolute atomic E-state index is 13.2. The summed E-state index contributed by atoms with van der Waals surface area (Å²) in [6, 6.07) is 1.38. The van der Waals surface area contributed by atoms with Crippen molar-refractivity contribution in [1.82, 2.24) is 5.32 Å². The van der Waals surface area contributed by atoms with Gasteiger partial charge in [0.15, 0.2) is 0 Å². The summed E-state index contributed by atoms with van der Waals surface area (Å²) in [5.41, 5.74) is -0.996. The average molecular weight is 295 g/mol. The molecule has 0 amide bonds. The molecule has 1 aromatic carbocycles. The quantitative estimate of drug-likeness (QED) is 0.824. The Morgan fingerprint density at radius 1 is 1.37 bits per heavy atom. The SMILES string of the molecule is O=C(O)[C@@H]1CSC(c2cc(F)cc(C(F)(F)F)c2)N1. The van der Waals surface area contributed by atoms with E-state index in [9.17, 15) is 22.4 Å². The van der Waals surface area contributed by atoms with Gasteiger partial charge in [-0.05, 0) is 23.8 Å². The Balaban J connectivity index is 2.26. The number of carboxylic acid groups (broad SMARTS) is 1.